The van der Waals surface area contributed by atoms with Gasteiger partial charge < -0.3 is 14.6 Å². The van der Waals surface area contributed by atoms with E-state index in [0.717, 1.165) is 5.57 Å². The van der Waals surface area contributed by atoms with Crippen molar-refractivity contribution in [2.45, 2.75) is 51.9 Å². The van der Waals surface area contributed by atoms with Gasteiger partial charge >= 0.3 is 0 Å². The van der Waals surface area contributed by atoms with E-state index in [1.807, 2.05) is 19.9 Å². The second-order valence-corrected chi connectivity index (χ2v) is 8.64. The third-order valence-corrected chi connectivity index (χ3v) is 5.64. The summed E-state index contributed by atoms with van der Waals surface area (Å²) in [5, 5.41) is 26.1. The Morgan fingerprint density at radius 3 is 2.90 bits per heavy atom. The summed E-state index contributed by atoms with van der Waals surface area (Å²) >= 11 is 0. The van der Waals surface area contributed by atoms with Crippen LogP contribution in [0.3, 0.4) is 0 Å². The third kappa shape index (κ3) is 3.49. The largest absolute Gasteiger partial charge is 0.485 e. The zero-order valence-electron chi connectivity index (χ0n) is 17.0. The van der Waals surface area contributed by atoms with Crippen molar-refractivity contribution in [2.24, 2.45) is 16.9 Å². The van der Waals surface area contributed by atoms with Crippen LogP contribution in [0.1, 0.15) is 51.3 Å². The van der Waals surface area contributed by atoms with Crippen LogP contribution in [0.2, 0.25) is 0 Å². The highest BCUT2D eigenvalue weighted by Gasteiger charge is 2.54. The molecule has 0 aromatic heterocycles. The number of carbonyl (C=O) groups excluding carboxylic acids is 1. The molecule has 0 unspecified atom stereocenters. The quantitative estimate of drug-likeness (QED) is 0.794. The van der Waals surface area contributed by atoms with E-state index in [9.17, 15) is 15.2 Å². The second-order valence-electron chi connectivity index (χ2n) is 8.64. The minimum atomic E-state index is -0.965. The van der Waals surface area contributed by atoms with Gasteiger partial charge in [-0.15, -0.1) is 5.10 Å². The molecule has 1 aromatic rings. The maximum Gasteiger partial charge on any atom is 0.247 e. The highest BCUT2D eigenvalue weighted by Crippen LogP contribution is 2.48. The van der Waals surface area contributed by atoms with E-state index in [1.54, 1.807) is 32.0 Å². The minimum absolute atomic E-state index is 0.0138. The number of aliphatic hydroxyl groups is 1. The number of allylic oxidation sites excluding steroid dienone is 1. The predicted octanol–water partition coefficient (Wildman–Crippen LogP) is 2.91. The number of hydrazone groups is 1. The molecule has 29 heavy (non-hydrogen) atoms. The number of fused-ring (bicyclic) bond motifs is 2. The van der Waals surface area contributed by atoms with Gasteiger partial charge in [-0.05, 0) is 52.3 Å². The lowest BCUT2D eigenvalue weighted by Crippen LogP contribution is -2.50. The summed E-state index contributed by atoms with van der Waals surface area (Å²) in [6.07, 6.45) is 0.952. The topological polar surface area (TPSA) is 95.2 Å². The molecule has 3 aliphatic rings. The fraction of sp³-hybridized carbons (Fsp3) is 0.500. The number of ether oxygens (including phenoxy) is 2. The number of hydrogen-bond acceptors (Lipinski definition) is 6. The normalized spacial score (nSPS) is 28.9. The van der Waals surface area contributed by atoms with Gasteiger partial charge in [-0.1, -0.05) is 11.6 Å². The first-order valence-electron chi connectivity index (χ1n) is 9.82. The van der Waals surface area contributed by atoms with Crippen LogP contribution < -0.4 is 4.74 Å². The second kappa shape index (κ2) is 6.89. The van der Waals surface area contributed by atoms with Gasteiger partial charge in [0, 0.05) is 11.5 Å². The first-order chi connectivity index (χ1) is 13.7. The Labute approximate surface area is 170 Å². The molecular weight excluding hydrogens is 370 g/mol. The van der Waals surface area contributed by atoms with Crippen molar-refractivity contribution < 1.29 is 19.4 Å². The molecule has 1 amide bonds. The van der Waals surface area contributed by atoms with Gasteiger partial charge in [0.25, 0.3) is 0 Å². The van der Waals surface area contributed by atoms with Crippen LogP contribution >= 0.6 is 0 Å². The molecule has 4 atom stereocenters. The van der Waals surface area contributed by atoms with Gasteiger partial charge in [0.05, 0.1) is 24.1 Å². The summed E-state index contributed by atoms with van der Waals surface area (Å²) in [5.74, 6) is 0.895. The molecule has 1 fully saturated rings. The summed E-state index contributed by atoms with van der Waals surface area (Å²) in [5.41, 5.74) is 1.31. The predicted molar refractivity (Wildman–Crippen MR) is 106 cm³/mol. The fourth-order valence-electron chi connectivity index (χ4n) is 3.76. The van der Waals surface area contributed by atoms with Gasteiger partial charge in [-0.2, -0.15) is 5.26 Å². The Kier molecular flexibility index (Phi) is 4.62. The highest BCUT2D eigenvalue weighted by atomic mass is 16.5. The van der Waals surface area contributed by atoms with E-state index in [1.165, 1.54) is 5.01 Å². The molecule has 4 rings (SSSR count). The fourth-order valence-corrected chi connectivity index (χ4v) is 3.76. The van der Waals surface area contributed by atoms with Crippen LogP contribution in [0.15, 0.2) is 34.9 Å². The number of nitriles is 1. The summed E-state index contributed by atoms with van der Waals surface area (Å²) in [6, 6.07) is 7.20. The van der Waals surface area contributed by atoms with Crippen molar-refractivity contribution in [3.8, 4) is 11.8 Å². The average Bonchev–Trinajstić information content (AvgIpc) is 3.47. The molecule has 1 aromatic carbocycles. The molecule has 0 bridgehead atoms. The van der Waals surface area contributed by atoms with Crippen molar-refractivity contribution in [3.63, 3.8) is 0 Å². The summed E-state index contributed by atoms with van der Waals surface area (Å²) in [7, 11) is 0. The number of hydrogen-bond donors (Lipinski definition) is 1. The molecule has 7 nitrogen and oxygen atoms in total. The zero-order chi connectivity index (χ0) is 20.9. The van der Waals surface area contributed by atoms with E-state index < -0.39 is 17.8 Å². The highest BCUT2D eigenvalue weighted by molar-refractivity contribution is 5.96. The standard InChI is InChI=1S/C22H25N3O4/c1-12(2)7-8-25-21(27)15-10-14(15)20(24-25)28-18-16-9-13(11-23)5-6-17(16)29-22(3,4)19(18)26/h5-7,9,14-15,18-19,26H,8,10H2,1-4H3/t14-,15+,18-,19+/m1/s1. The SMILES string of the molecule is CC(C)=CCN1N=C(O[C@@H]2c3cc(C#N)ccc3OC(C)(C)[C@H]2O)[C@@H]2C[C@@H]2C1=O. The Balaban J connectivity index is 1.67. The summed E-state index contributed by atoms with van der Waals surface area (Å²) in [6.45, 7) is 7.93. The van der Waals surface area contributed by atoms with Gasteiger partial charge in [0.15, 0.2) is 6.10 Å². The Morgan fingerprint density at radius 2 is 2.21 bits per heavy atom. The monoisotopic (exact) mass is 395 g/mol. The zero-order valence-corrected chi connectivity index (χ0v) is 17.0. The van der Waals surface area contributed by atoms with Crippen LogP contribution in [0, 0.1) is 23.2 Å². The number of rotatable bonds is 3. The van der Waals surface area contributed by atoms with E-state index in [4.69, 9.17) is 9.47 Å². The summed E-state index contributed by atoms with van der Waals surface area (Å²) < 4.78 is 12.2. The number of carbonyl (C=O) groups is 1. The number of amides is 1. The minimum Gasteiger partial charge on any atom is -0.485 e. The molecule has 1 N–H and O–H groups in total. The lowest BCUT2D eigenvalue weighted by atomic mass is 9.87. The average molecular weight is 395 g/mol. The first-order valence-corrected chi connectivity index (χ1v) is 9.82. The molecule has 0 spiro atoms. The Hall–Kier alpha value is -2.85. The molecule has 2 aliphatic heterocycles. The lowest BCUT2D eigenvalue weighted by molar-refractivity contribution is -0.134. The molecule has 1 saturated carbocycles. The van der Waals surface area contributed by atoms with Crippen LogP contribution in [-0.4, -0.2) is 40.2 Å². The third-order valence-electron chi connectivity index (χ3n) is 5.64. The van der Waals surface area contributed by atoms with Crippen LogP contribution in [-0.2, 0) is 9.53 Å². The molecule has 0 radical (unpaired) electrons. The Bertz CT molecular complexity index is 955. The smallest absolute Gasteiger partial charge is 0.247 e. The molecule has 2 heterocycles. The van der Waals surface area contributed by atoms with Crippen molar-refractivity contribution in [2.75, 3.05) is 6.54 Å². The van der Waals surface area contributed by atoms with Crippen molar-refractivity contribution >= 4 is 11.8 Å². The lowest BCUT2D eigenvalue weighted by Gasteiger charge is -2.42. The van der Waals surface area contributed by atoms with Crippen molar-refractivity contribution in [1.82, 2.24) is 5.01 Å². The maximum atomic E-state index is 12.5. The van der Waals surface area contributed by atoms with E-state index in [2.05, 4.69) is 11.2 Å². The summed E-state index contributed by atoms with van der Waals surface area (Å²) in [4.78, 5) is 12.5. The number of nitrogens with zero attached hydrogens (tertiary/aromatic N) is 3. The molecule has 152 valence electrons. The Morgan fingerprint density at radius 1 is 1.45 bits per heavy atom. The molecule has 0 saturated heterocycles. The van der Waals surface area contributed by atoms with Gasteiger partial charge in [-0.25, -0.2) is 5.01 Å². The van der Waals surface area contributed by atoms with E-state index >= 15 is 0 Å². The number of benzene rings is 1. The number of aliphatic hydroxyl groups excluding tert-OH is 1. The first kappa shape index (κ1) is 19.5. The van der Waals surface area contributed by atoms with E-state index in [0.29, 0.717) is 35.7 Å². The van der Waals surface area contributed by atoms with Crippen molar-refractivity contribution in [1.29, 1.82) is 5.26 Å². The van der Waals surface area contributed by atoms with Crippen molar-refractivity contribution in [3.05, 3.63) is 41.0 Å². The molecule has 7 heteroatoms. The van der Waals surface area contributed by atoms with Gasteiger partial charge in [-0.3, -0.25) is 4.79 Å². The van der Waals surface area contributed by atoms with Crippen LogP contribution in [0.4, 0.5) is 0 Å². The molecule has 1 aliphatic carbocycles. The molecular formula is C22H25N3O4. The van der Waals surface area contributed by atoms with Gasteiger partial charge in [0.2, 0.25) is 11.8 Å². The van der Waals surface area contributed by atoms with E-state index in [-0.39, 0.29) is 17.7 Å². The van der Waals surface area contributed by atoms with Crippen LogP contribution in [0.25, 0.3) is 0 Å². The maximum absolute atomic E-state index is 12.5. The van der Waals surface area contributed by atoms with Crippen LogP contribution in [0.5, 0.6) is 5.75 Å². The van der Waals surface area contributed by atoms with Gasteiger partial charge in [0.1, 0.15) is 17.5 Å².